The Morgan fingerprint density at radius 1 is 1.57 bits per heavy atom. The van der Waals surface area contributed by atoms with Gasteiger partial charge in [0.1, 0.15) is 0 Å². The average Bonchev–Trinajstić information content (AvgIpc) is 2.03. The normalized spacial score (nSPS) is 21.7. The lowest BCUT2D eigenvalue weighted by Crippen LogP contribution is -2.50. The zero-order valence-electron chi connectivity index (χ0n) is 8.82. The summed E-state index contributed by atoms with van der Waals surface area (Å²) >= 11 is 0. The minimum absolute atomic E-state index is 0. The van der Waals surface area contributed by atoms with Gasteiger partial charge in [0.2, 0.25) is 0 Å². The first-order valence-corrected chi connectivity index (χ1v) is 4.90. The Bertz CT molecular complexity index is 187. The van der Waals surface area contributed by atoms with Crippen molar-refractivity contribution in [3.8, 4) is 0 Å². The fourth-order valence-corrected chi connectivity index (χ4v) is 1.53. The summed E-state index contributed by atoms with van der Waals surface area (Å²) in [6.07, 6.45) is 2.05. The quantitative estimate of drug-likeness (QED) is 0.693. The van der Waals surface area contributed by atoms with Gasteiger partial charge in [-0.25, -0.2) is 4.79 Å². The number of urea groups is 1. The molecule has 1 aliphatic heterocycles. The summed E-state index contributed by atoms with van der Waals surface area (Å²) in [5, 5.41) is 2.86. The second-order valence-electron chi connectivity index (χ2n) is 3.95. The van der Waals surface area contributed by atoms with E-state index in [9.17, 15) is 4.79 Å². The van der Waals surface area contributed by atoms with E-state index in [0.717, 1.165) is 19.4 Å². The topological polar surface area (TPSA) is 58.4 Å². The van der Waals surface area contributed by atoms with Gasteiger partial charge in [0.05, 0.1) is 0 Å². The molecule has 5 heteroatoms. The standard InChI is InChI=1S/C9H19N3O.ClH/c1-7(2)11-9(13)12-5-3-4-8(10)6-12;/h7-8H,3-6,10H2,1-2H3,(H,11,13);1H. The molecule has 1 heterocycles. The molecule has 4 nitrogen and oxygen atoms in total. The number of nitrogens with zero attached hydrogens (tertiary/aromatic N) is 1. The first-order valence-electron chi connectivity index (χ1n) is 4.90. The van der Waals surface area contributed by atoms with Gasteiger partial charge in [-0.3, -0.25) is 0 Å². The number of halogens is 1. The lowest BCUT2D eigenvalue weighted by Gasteiger charge is -2.31. The third-order valence-electron chi connectivity index (χ3n) is 2.16. The molecule has 0 aliphatic carbocycles. The average molecular weight is 222 g/mol. The van der Waals surface area contributed by atoms with Crippen LogP contribution in [0.2, 0.25) is 0 Å². The monoisotopic (exact) mass is 221 g/mol. The van der Waals surface area contributed by atoms with Gasteiger partial charge in [0.25, 0.3) is 0 Å². The molecule has 1 saturated heterocycles. The Kier molecular flexibility index (Phi) is 5.88. The van der Waals surface area contributed by atoms with Crippen LogP contribution >= 0.6 is 12.4 Å². The Morgan fingerprint density at radius 3 is 2.71 bits per heavy atom. The van der Waals surface area contributed by atoms with E-state index in [4.69, 9.17) is 5.73 Å². The van der Waals surface area contributed by atoms with E-state index >= 15 is 0 Å². The second kappa shape index (κ2) is 6.09. The molecular formula is C9H20ClN3O. The third kappa shape index (κ3) is 4.15. The Hall–Kier alpha value is -0.480. The lowest BCUT2D eigenvalue weighted by molar-refractivity contribution is 0.177. The van der Waals surface area contributed by atoms with Gasteiger partial charge in [-0.05, 0) is 26.7 Å². The van der Waals surface area contributed by atoms with E-state index in [0.29, 0.717) is 6.54 Å². The van der Waals surface area contributed by atoms with Crippen LogP contribution in [0.3, 0.4) is 0 Å². The Morgan fingerprint density at radius 2 is 2.21 bits per heavy atom. The Labute approximate surface area is 91.6 Å². The van der Waals surface area contributed by atoms with E-state index in [-0.39, 0.29) is 30.5 Å². The van der Waals surface area contributed by atoms with Gasteiger partial charge in [-0.2, -0.15) is 0 Å². The van der Waals surface area contributed by atoms with Gasteiger partial charge in [0, 0.05) is 25.2 Å². The fraction of sp³-hybridized carbons (Fsp3) is 0.889. The fourth-order valence-electron chi connectivity index (χ4n) is 1.53. The number of carbonyl (C=O) groups is 1. The number of likely N-dealkylation sites (tertiary alicyclic amines) is 1. The van der Waals surface area contributed by atoms with E-state index in [2.05, 4.69) is 5.32 Å². The molecular weight excluding hydrogens is 202 g/mol. The van der Waals surface area contributed by atoms with Crippen LogP contribution in [0.5, 0.6) is 0 Å². The SMILES string of the molecule is CC(C)NC(=O)N1CCCC(N)C1.Cl. The van der Waals surface area contributed by atoms with Crippen molar-refractivity contribution in [1.82, 2.24) is 10.2 Å². The first kappa shape index (κ1) is 13.5. The number of piperidine rings is 1. The maximum absolute atomic E-state index is 11.5. The van der Waals surface area contributed by atoms with Gasteiger partial charge in [-0.1, -0.05) is 0 Å². The van der Waals surface area contributed by atoms with E-state index in [1.165, 1.54) is 0 Å². The van der Waals surface area contributed by atoms with E-state index < -0.39 is 0 Å². The largest absolute Gasteiger partial charge is 0.336 e. The summed E-state index contributed by atoms with van der Waals surface area (Å²) in [5.74, 6) is 0. The summed E-state index contributed by atoms with van der Waals surface area (Å²) < 4.78 is 0. The van der Waals surface area contributed by atoms with Crippen LogP contribution in [0.25, 0.3) is 0 Å². The molecule has 0 spiro atoms. The number of rotatable bonds is 1. The molecule has 0 bridgehead atoms. The van der Waals surface area contributed by atoms with Crippen LogP contribution in [0, 0.1) is 0 Å². The van der Waals surface area contributed by atoms with Crippen LogP contribution in [0.1, 0.15) is 26.7 Å². The zero-order valence-corrected chi connectivity index (χ0v) is 9.64. The maximum atomic E-state index is 11.5. The number of nitrogens with two attached hydrogens (primary N) is 1. The summed E-state index contributed by atoms with van der Waals surface area (Å²) in [7, 11) is 0. The second-order valence-corrected chi connectivity index (χ2v) is 3.95. The van der Waals surface area contributed by atoms with E-state index in [1.54, 1.807) is 4.90 Å². The van der Waals surface area contributed by atoms with Crippen LogP contribution in [0.4, 0.5) is 4.79 Å². The number of amides is 2. The summed E-state index contributed by atoms with van der Waals surface area (Å²) in [5.41, 5.74) is 5.77. The van der Waals surface area contributed by atoms with Crippen molar-refractivity contribution >= 4 is 18.4 Å². The molecule has 2 amide bonds. The minimum Gasteiger partial charge on any atom is -0.336 e. The molecule has 14 heavy (non-hydrogen) atoms. The smallest absolute Gasteiger partial charge is 0.317 e. The molecule has 1 rings (SSSR count). The van der Waals surface area contributed by atoms with E-state index in [1.807, 2.05) is 13.8 Å². The summed E-state index contributed by atoms with van der Waals surface area (Å²) in [4.78, 5) is 13.3. The molecule has 1 fully saturated rings. The molecule has 0 aromatic rings. The number of hydrogen-bond acceptors (Lipinski definition) is 2. The number of nitrogens with one attached hydrogen (secondary N) is 1. The van der Waals surface area contributed by atoms with Gasteiger partial charge < -0.3 is 16.0 Å². The van der Waals surface area contributed by atoms with Gasteiger partial charge in [-0.15, -0.1) is 12.4 Å². The van der Waals surface area contributed by atoms with Crippen LogP contribution < -0.4 is 11.1 Å². The lowest BCUT2D eigenvalue weighted by atomic mass is 10.1. The van der Waals surface area contributed by atoms with Gasteiger partial charge >= 0.3 is 6.03 Å². The molecule has 0 radical (unpaired) electrons. The minimum atomic E-state index is 0. The molecule has 0 aromatic carbocycles. The number of carbonyl (C=O) groups excluding carboxylic acids is 1. The van der Waals surface area contributed by atoms with Crippen LogP contribution in [-0.2, 0) is 0 Å². The van der Waals surface area contributed by atoms with Crippen LogP contribution in [0.15, 0.2) is 0 Å². The molecule has 3 N–H and O–H groups in total. The summed E-state index contributed by atoms with van der Waals surface area (Å²) in [6, 6.07) is 0.377. The predicted molar refractivity (Wildman–Crippen MR) is 59.7 cm³/mol. The van der Waals surface area contributed by atoms with Crippen molar-refractivity contribution < 1.29 is 4.79 Å². The van der Waals surface area contributed by atoms with Crippen molar-refractivity contribution in [1.29, 1.82) is 0 Å². The molecule has 1 atom stereocenters. The van der Waals surface area contributed by atoms with Crippen molar-refractivity contribution in [2.45, 2.75) is 38.8 Å². The molecule has 1 unspecified atom stereocenters. The third-order valence-corrected chi connectivity index (χ3v) is 2.16. The van der Waals surface area contributed by atoms with Crippen molar-refractivity contribution in [2.75, 3.05) is 13.1 Å². The molecule has 0 saturated carbocycles. The highest BCUT2D eigenvalue weighted by molar-refractivity contribution is 5.85. The van der Waals surface area contributed by atoms with Crippen molar-refractivity contribution in [3.05, 3.63) is 0 Å². The zero-order chi connectivity index (χ0) is 9.84. The first-order chi connectivity index (χ1) is 6.09. The van der Waals surface area contributed by atoms with Crippen LogP contribution in [-0.4, -0.2) is 36.1 Å². The highest BCUT2D eigenvalue weighted by atomic mass is 35.5. The highest BCUT2D eigenvalue weighted by Gasteiger charge is 2.20. The maximum Gasteiger partial charge on any atom is 0.317 e. The predicted octanol–water partition coefficient (Wildman–Crippen LogP) is 0.949. The van der Waals surface area contributed by atoms with Crippen molar-refractivity contribution in [2.24, 2.45) is 5.73 Å². The number of hydrogen-bond donors (Lipinski definition) is 2. The Balaban J connectivity index is 0.00000169. The molecule has 0 aromatic heterocycles. The van der Waals surface area contributed by atoms with Crippen molar-refractivity contribution in [3.63, 3.8) is 0 Å². The molecule has 1 aliphatic rings. The van der Waals surface area contributed by atoms with Gasteiger partial charge in [0.15, 0.2) is 0 Å². The highest BCUT2D eigenvalue weighted by Crippen LogP contribution is 2.07. The summed E-state index contributed by atoms with van der Waals surface area (Å²) in [6.45, 7) is 5.45. The molecule has 84 valence electrons.